The van der Waals surface area contributed by atoms with E-state index in [0.29, 0.717) is 11.6 Å². The van der Waals surface area contributed by atoms with Crippen LogP contribution < -0.4 is 0 Å². The molecule has 0 bridgehead atoms. The fourth-order valence-corrected chi connectivity index (χ4v) is 2.73. The lowest BCUT2D eigenvalue weighted by Crippen LogP contribution is -2.19. The number of hydrogen-bond donors (Lipinski definition) is 1. The van der Waals surface area contributed by atoms with Crippen molar-refractivity contribution >= 4 is 5.97 Å². The van der Waals surface area contributed by atoms with Gasteiger partial charge in [0.15, 0.2) is 0 Å². The van der Waals surface area contributed by atoms with Gasteiger partial charge in [-0.15, -0.1) is 0 Å². The zero-order valence-corrected chi connectivity index (χ0v) is 9.48. The molecule has 16 heavy (non-hydrogen) atoms. The number of hydrogen-bond acceptors (Lipinski definition) is 3. The molecule has 1 heterocycles. The largest absolute Gasteiger partial charge is 0.478 e. The van der Waals surface area contributed by atoms with Crippen molar-refractivity contribution in [3.8, 4) is 0 Å². The standard InChI is InChI=1S/C12H17NO3/c1-2-8-5-3-4-6-9(8)11-10(12(14)15)7-16-13-11/h7-9H,2-6H2,1H3,(H,14,15)/t8-,9+/m1/s1. The fraction of sp³-hybridized carbons (Fsp3) is 0.667. The van der Waals surface area contributed by atoms with Gasteiger partial charge in [0.2, 0.25) is 0 Å². The van der Waals surface area contributed by atoms with Gasteiger partial charge in [-0.3, -0.25) is 0 Å². The average molecular weight is 223 g/mol. The van der Waals surface area contributed by atoms with Crippen molar-refractivity contribution in [2.24, 2.45) is 5.92 Å². The van der Waals surface area contributed by atoms with Gasteiger partial charge in [-0.2, -0.15) is 0 Å². The maximum absolute atomic E-state index is 11.0. The molecule has 0 spiro atoms. The van der Waals surface area contributed by atoms with Crippen molar-refractivity contribution in [2.75, 3.05) is 0 Å². The smallest absolute Gasteiger partial charge is 0.340 e. The number of aromatic carboxylic acids is 1. The molecule has 2 atom stereocenters. The second-order valence-corrected chi connectivity index (χ2v) is 4.48. The zero-order valence-electron chi connectivity index (χ0n) is 9.48. The van der Waals surface area contributed by atoms with Crippen LogP contribution in [-0.2, 0) is 0 Å². The van der Waals surface area contributed by atoms with Gasteiger partial charge in [0, 0.05) is 5.92 Å². The maximum Gasteiger partial charge on any atom is 0.340 e. The quantitative estimate of drug-likeness (QED) is 0.855. The molecule has 1 fully saturated rings. The Labute approximate surface area is 94.6 Å². The van der Waals surface area contributed by atoms with Crippen molar-refractivity contribution < 1.29 is 14.4 Å². The normalized spacial score (nSPS) is 25.6. The Hall–Kier alpha value is -1.32. The Morgan fingerprint density at radius 2 is 2.31 bits per heavy atom. The van der Waals surface area contributed by atoms with Gasteiger partial charge < -0.3 is 9.63 Å². The van der Waals surface area contributed by atoms with E-state index < -0.39 is 5.97 Å². The summed E-state index contributed by atoms with van der Waals surface area (Å²) < 4.78 is 4.82. The van der Waals surface area contributed by atoms with Crippen molar-refractivity contribution in [1.82, 2.24) is 5.16 Å². The highest BCUT2D eigenvalue weighted by Gasteiger charge is 2.31. The van der Waals surface area contributed by atoms with Crippen LogP contribution in [0, 0.1) is 5.92 Å². The number of carboxylic acids is 1. The number of carboxylic acid groups (broad SMARTS) is 1. The Balaban J connectivity index is 2.27. The van der Waals surface area contributed by atoms with Crippen molar-refractivity contribution in [1.29, 1.82) is 0 Å². The minimum atomic E-state index is -0.934. The molecule has 0 amide bonds. The lowest BCUT2D eigenvalue weighted by Gasteiger charge is -2.29. The molecule has 4 nitrogen and oxygen atoms in total. The number of carbonyl (C=O) groups is 1. The highest BCUT2D eigenvalue weighted by Crippen LogP contribution is 2.39. The lowest BCUT2D eigenvalue weighted by molar-refractivity contribution is 0.0693. The molecule has 1 aromatic rings. The van der Waals surface area contributed by atoms with Gasteiger partial charge in [-0.05, 0) is 18.8 Å². The molecule has 2 rings (SSSR count). The van der Waals surface area contributed by atoms with E-state index in [1.807, 2.05) is 0 Å². The summed E-state index contributed by atoms with van der Waals surface area (Å²) in [5.74, 6) is -0.114. The van der Waals surface area contributed by atoms with Crippen molar-refractivity contribution in [2.45, 2.75) is 44.9 Å². The first-order valence-electron chi connectivity index (χ1n) is 5.91. The van der Waals surface area contributed by atoms with E-state index in [1.54, 1.807) is 0 Å². The molecule has 1 aliphatic carbocycles. The predicted octanol–water partition coefficient (Wildman–Crippen LogP) is 3.06. The van der Waals surface area contributed by atoms with E-state index in [1.165, 1.54) is 19.1 Å². The Morgan fingerprint density at radius 3 is 3.00 bits per heavy atom. The van der Waals surface area contributed by atoms with Gasteiger partial charge in [-0.25, -0.2) is 4.79 Å². The van der Waals surface area contributed by atoms with Gasteiger partial charge in [0.05, 0.1) is 0 Å². The van der Waals surface area contributed by atoms with Gasteiger partial charge >= 0.3 is 5.97 Å². The summed E-state index contributed by atoms with van der Waals surface area (Å²) in [7, 11) is 0. The lowest BCUT2D eigenvalue weighted by atomic mass is 9.75. The molecule has 88 valence electrons. The summed E-state index contributed by atoms with van der Waals surface area (Å²) in [4.78, 5) is 11.0. The number of rotatable bonds is 3. The third kappa shape index (κ3) is 1.96. The van der Waals surface area contributed by atoms with Crippen molar-refractivity contribution in [3.63, 3.8) is 0 Å². The fourth-order valence-electron chi connectivity index (χ4n) is 2.73. The van der Waals surface area contributed by atoms with E-state index in [0.717, 1.165) is 19.3 Å². The molecule has 1 aliphatic rings. The molecular formula is C12H17NO3. The molecule has 0 aliphatic heterocycles. The zero-order chi connectivity index (χ0) is 11.5. The third-order valence-electron chi connectivity index (χ3n) is 3.61. The molecule has 1 N–H and O–H groups in total. The molecule has 0 aromatic carbocycles. The predicted molar refractivity (Wildman–Crippen MR) is 58.5 cm³/mol. The monoisotopic (exact) mass is 223 g/mol. The van der Waals surface area contributed by atoms with Gasteiger partial charge in [0.25, 0.3) is 0 Å². The highest BCUT2D eigenvalue weighted by molar-refractivity contribution is 5.88. The Bertz CT molecular complexity index is 372. The van der Waals surface area contributed by atoms with Crippen LogP contribution in [0.25, 0.3) is 0 Å². The second kappa shape index (κ2) is 4.68. The minimum absolute atomic E-state index is 0.241. The minimum Gasteiger partial charge on any atom is -0.478 e. The van der Waals surface area contributed by atoms with Gasteiger partial charge in [0.1, 0.15) is 17.5 Å². The SMILES string of the molecule is CC[C@@H]1CCCC[C@@H]1c1nocc1C(=O)O. The first-order chi connectivity index (χ1) is 7.74. The molecule has 0 radical (unpaired) electrons. The molecule has 1 aromatic heterocycles. The van der Waals surface area contributed by atoms with Crippen LogP contribution in [0.2, 0.25) is 0 Å². The van der Waals surface area contributed by atoms with E-state index in [9.17, 15) is 4.79 Å². The first kappa shape index (κ1) is 11.2. The highest BCUT2D eigenvalue weighted by atomic mass is 16.5. The topological polar surface area (TPSA) is 63.3 Å². The molecule has 4 heteroatoms. The molecular weight excluding hydrogens is 206 g/mol. The van der Waals surface area contributed by atoms with Gasteiger partial charge in [-0.1, -0.05) is 31.3 Å². The second-order valence-electron chi connectivity index (χ2n) is 4.48. The maximum atomic E-state index is 11.0. The van der Waals surface area contributed by atoms with Crippen LogP contribution in [0.1, 0.15) is 61.0 Å². The Morgan fingerprint density at radius 1 is 1.56 bits per heavy atom. The van der Waals surface area contributed by atoms with Crippen LogP contribution >= 0.6 is 0 Å². The molecule has 0 unspecified atom stereocenters. The molecule has 0 saturated heterocycles. The van der Waals surface area contributed by atoms with Crippen LogP contribution in [0.4, 0.5) is 0 Å². The molecule has 1 saturated carbocycles. The number of aromatic nitrogens is 1. The summed E-state index contributed by atoms with van der Waals surface area (Å²) in [6.07, 6.45) is 6.94. The third-order valence-corrected chi connectivity index (χ3v) is 3.61. The van der Waals surface area contributed by atoms with E-state index in [-0.39, 0.29) is 11.5 Å². The van der Waals surface area contributed by atoms with E-state index in [2.05, 4.69) is 12.1 Å². The Kier molecular flexibility index (Phi) is 3.27. The van der Waals surface area contributed by atoms with E-state index >= 15 is 0 Å². The van der Waals surface area contributed by atoms with Crippen LogP contribution in [0.15, 0.2) is 10.8 Å². The van der Waals surface area contributed by atoms with Crippen LogP contribution in [0.3, 0.4) is 0 Å². The number of nitrogens with zero attached hydrogens (tertiary/aromatic N) is 1. The van der Waals surface area contributed by atoms with Crippen molar-refractivity contribution in [3.05, 3.63) is 17.5 Å². The van der Waals surface area contributed by atoms with Crippen LogP contribution in [0.5, 0.6) is 0 Å². The summed E-state index contributed by atoms with van der Waals surface area (Å²) in [6.45, 7) is 2.16. The summed E-state index contributed by atoms with van der Waals surface area (Å²) in [5, 5.41) is 12.9. The summed E-state index contributed by atoms with van der Waals surface area (Å²) in [6, 6.07) is 0. The summed E-state index contributed by atoms with van der Waals surface area (Å²) in [5.41, 5.74) is 0.893. The first-order valence-corrected chi connectivity index (χ1v) is 5.91. The average Bonchev–Trinajstić information content (AvgIpc) is 2.77. The van der Waals surface area contributed by atoms with E-state index in [4.69, 9.17) is 9.63 Å². The van der Waals surface area contributed by atoms with Crippen LogP contribution in [-0.4, -0.2) is 16.2 Å². The summed E-state index contributed by atoms with van der Waals surface area (Å²) >= 11 is 0.